The molecule has 11 heteroatoms. The lowest BCUT2D eigenvalue weighted by molar-refractivity contribution is 0.172. The molecule has 0 unspecified atom stereocenters. The first-order valence-corrected chi connectivity index (χ1v) is 10.8. The summed E-state index contributed by atoms with van der Waals surface area (Å²) in [5.74, 6) is -1.03. The molecule has 0 aliphatic rings. The molecule has 8 nitrogen and oxygen atoms in total. The van der Waals surface area contributed by atoms with Crippen molar-refractivity contribution in [3.63, 3.8) is 0 Å². The van der Waals surface area contributed by atoms with Gasteiger partial charge in [0.2, 0.25) is 10.0 Å². The van der Waals surface area contributed by atoms with Gasteiger partial charge in [-0.15, -0.1) is 0 Å². The first kappa shape index (κ1) is 22.7. The summed E-state index contributed by atoms with van der Waals surface area (Å²) in [5.41, 5.74) is -0.0939. The van der Waals surface area contributed by atoms with Crippen LogP contribution in [0.15, 0.2) is 44.4 Å². The van der Waals surface area contributed by atoms with Crippen molar-refractivity contribution in [3.8, 4) is 5.75 Å². The Kier molecular flexibility index (Phi) is 6.08. The standard InChI is InChI=1S/C20H18ClFN2O6S/c1-10-12-8-14(21)16(30-20(26)24(2)3)9-15(12)29-19(25)13(10)7-11-5-4-6-17(18(11)22)31(23,27)28/h4-6,8-9H,7H2,1-3H3,(H2,23,27,28). The maximum atomic E-state index is 14.7. The molecule has 31 heavy (non-hydrogen) atoms. The van der Waals surface area contributed by atoms with E-state index in [2.05, 4.69) is 0 Å². The molecule has 0 saturated heterocycles. The average molecular weight is 469 g/mol. The molecule has 0 aliphatic carbocycles. The monoisotopic (exact) mass is 468 g/mol. The number of sulfonamides is 1. The van der Waals surface area contributed by atoms with E-state index in [1.54, 1.807) is 6.92 Å². The average Bonchev–Trinajstić information content (AvgIpc) is 2.66. The van der Waals surface area contributed by atoms with Crippen LogP contribution in [0.4, 0.5) is 9.18 Å². The van der Waals surface area contributed by atoms with Crippen LogP contribution in [0, 0.1) is 12.7 Å². The van der Waals surface area contributed by atoms with Crippen LogP contribution in [-0.2, 0) is 16.4 Å². The lowest BCUT2D eigenvalue weighted by Gasteiger charge is -2.14. The van der Waals surface area contributed by atoms with E-state index in [0.29, 0.717) is 10.9 Å². The summed E-state index contributed by atoms with van der Waals surface area (Å²) in [6.45, 7) is 1.62. The number of carbonyl (C=O) groups is 1. The minimum atomic E-state index is -4.27. The summed E-state index contributed by atoms with van der Waals surface area (Å²) in [6, 6.07) is 6.51. The predicted octanol–water partition coefficient (Wildman–Crippen LogP) is 3.19. The third-order valence-electron chi connectivity index (χ3n) is 4.62. The van der Waals surface area contributed by atoms with Crippen LogP contribution in [-0.4, -0.2) is 33.5 Å². The number of primary sulfonamides is 1. The Morgan fingerprint density at radius 2 is 1.97 bits per heavy atom. The van der Waals surface area contributed by atoms with E-state index < -0.39 is 32.5 Å². The summed E-state index contributed by atoms with van der Waals surface area (Å²) >= 11 is 6.22. The van der Waals surface area contributed by atoms with E-state index in [9.17, 15) is 22.4 Å². The molecule has 0 spiro atoms. The highest BCUT2D eigenvalue weighted by molar-refractivity contribution is 7.89. The minimum absolute atomic E-state index is 0.00932. The van der Waals surface area contributed by atoms with E-state index in [4.69, 9.17) is 25.9 Å². The second kappa shape index (κ2) is 8.29. The Morgan fingerprint density at radius 3 is 2.58 bits per heavy atom. The van der Waals surface area contributed by atoms with Crippen molar-refractivity contribution in [2.75, 3.05) is 14.1 Å². The van der Waals surface area contributed by atoms with Gasteiger partial charge in [-0.05, 0) is 30.2 Å². The maximum absolute atomic E-state index is 14.7. The molecule has 0 aliphatic heterocycles. The molecule has 1 heterocycles. The predicted molar refractivity (Wildman–Crippen MR) is 113 cm³/mol. The highest BCUT2D eigenvalue weighted by Gasteiger charge is 2.21. The SMILES string of the molecule is Cc1c(Cc2cccc(S(N)(=O)=O)c2F)c(=O)oc2cc(OC(=O)N(C)C)c(Cl)cc12. The molecule has 1 amide bonds. The van der Waals surface area contributed by atoms with Crippen molar-refractivity contribution in [2.45, 2.75) is 18.2 Å². The van der Waals surface area contributed by atoms with Gasteiger partial charge in [0, 0.05) is 37.5 Å². The fourth-order valence-electron chi connectivity index (χ4n) is 2.96. The van der Waals surface area contributed by atoms with Crippen LogP contribution in [0.2, 0.25) is 5.02 Å². The molecular weight excluding hydrogens is 451 g/mol. The fourth-order valence-corrected chi connectivity index (χ4v) is 3.81. The quantitative estimate of drug-likeness (QED) is 0.587. The van der Waals surface area contributed by atoms with Crippen molar-refractivity contribution < 1.29 is 26.8 Å². The molecule has 2 aromatic carbocycles. The zero-order chi connectivity index (χ0) is 23.1. The second-order valence-corrected chi connectivity index (χ2v) is 8.92. The number of hydrogen-bond acceptors (Lipinski definition) is 6. The van der Waals surface area contributed by atoms with Crippen molar-refractivity contribution in [2.24, 2.45) is 5.14 Å². The second-order valence-electron chi connectivity index (χ2n) is 6.99. The summed E-state index contributed by atoms with van der Waals surface area (Å²) in [4.78, 5) is 24.9. The van der Waals surface area contributed by atoms with Gasteiger partial charge in [0.05, 0.1) is 5.02 Å². The summed E-state index contributed by atoms with van der Waals surface area (Å²) < 4.78 is 48.3. The maximum Gasteiger partial charge on any atom is 0.414 e. The molecule has 0 atom stereocenters. The van der Waals surface area contributed by atoms with E-state index in [1.165, 1.54) is 43.3 Å². The van der Waals surface area contributed by atoms with Crippen LogP contribution in [0.3, 0.4) is 0 Å². The van der Waals surface area contributed by atoms with Gasteiger partial charge in [-0.25, -0.2) is 27.5 Å². The number of hydrogen-bond donors (Lipinski definition) is 1. The highest BCUT2D eigenvalue weighted by Crippen LogP contribution is 2.33. The number of amides is 1. The third kappa shape index (κ3) is 4.55. The van der Waals surface area contributed by atoms with Crippen molar-refractivity contribution in [3.05, 3.63) is 68.3 Å². The number of fused-ring (bicyclic) bond motifs is 1. The Balaban J connectivity index is 2.10. The third-order valence-corrected chi connectivity index (χ3v) is 5.84. The smallest absolute Gasteiger partial charge is 0.414 e. The minimum Gasteiger partial charge on any atom is -0.422 e. The molecule has 0 radical (unpaired) electrons. The molecule has 0 fully saturated rings. The van der Waals surface area contributed by atoms with Gasteiger partial charge in [-0.3, -0.25) is 0 Å². The first-order chi connectivity index (χ1) is 14.4. The molecule has 164 valence electrons. The molecule has 0 saturated carbocycles. The van der Waals surface area contributed by atoms with Gasteiger partial charge < -0.3 is 14.1 Å². The van der Waals surface area contributed by atoms with Gasteiger partial charge in [0.15, 0.2) is 5.75 Å². The summed E-state index contributed by atoms with van der Waals surface area (Å²) in [7, 11) is -1.27. The first-order valence-electron chi connectivity index (χ1n) is 8.85. The number of aryl methyl sites for hydroxylation is 1. The summed E-state index contributed by atoms with van der Waals surface area (Å²) in [6.07, 6.45) is -0.893. The van der Waals surface area contributed by atoms with Crippen LogP contribution < -0.4 is 15.5 Å². The van der Waals surface area contributed by atoms with Gasteiger partial charge in [0.1, 0.15) is 16.3 Å². The van der Waals surface area contributed by atoms with E-state index in [1.807, 2.05) is 0 Å². The number of benzene rings is 2. The van der Waals surface area contributed by atoms with Crippen LogP contribution in [0.1, 0.15) is 16.7 Å². The number of ether oxygens (including phenoxy) is 1. The normalized spacial score (nSPS) is 11.5. The fraction of sp³-hybridized carbons (Fsp3) is 0.200. The number of nitrogens with zero attached hydrogens (tertiary/aromatic N) is 1. The van der Waals surface area contributed by atoms with Gasteiger partial charge in [-0.1, -0.05) is 23.7 Å². The largest absolute Gasteiger partial charge is 0.422 e. The molecular formula is C20H18ClFN2O6S. The van der Waals surface area contributed by atoms with Crippen LogP contribution in [0.5, 0.6) is 5.75 Å². The molecule has 3 aromatic rings. The Labute approximate surface area is 182 Å². The Bertz CT molecular complexity index is 1370. The van der Waals surface area contributed by atoms with Gasteiger partial charge in [-0.2, -0.15) is 0 Å². The number of rotatable bonds is 4. The lowest BCUT2D eigenvalue weighted by atomic mass is 9.99. The highest BCUT2D eigenvalue weighted by atomic mass is 35.5. The summed E-state index contributed by atoms with van der Waals surface area (Å²) in [5, 5.41) is 5.59. The molecule has 3 rings (SSSR count). The zero-order valence-electron chi connectivity index (χ0n) is 16.7. The number of nitrogens with two attached hydrogens (primary N) is 1. The Morgan fingerprint density at radius 1 is 1.29 bits per heavy atom. The number of halogens is 2. The van der Waals surface area contributed by atoms with E-state index in [-0.39, 0.29) is 33.9 Å². The van der Waals surface area contributed by atoms with Crippen LogP contribution >= 0.6 is 11.6 Å². The molecule has 2 N–H and O–H groups in total. The van der Waals surface area contributed by atoms with Crippen molar-refractivity contribution >= 4 is 38.7 Å². The topological polar surface area (TPSA) is 120 Å². The van der Waals surface area contributed by atoms with Crippen molar-refractivity contribution in [1.29, 1.82) is 0 Å². The van der Waals surface area contributed by atoms with Crippen LogP contribution in [0.25, 0.3) is 11.0 Å². The van der Waals surface area contributed by atoms with E-state index >= 15 is 0 Å². The lowest BCUT2D eigenvalue weighted by Crippen LogP contribution is -2.25. The van der Waals surface area contributed by atoms with Gasteiger partial charge >= 0.3 is 11.7 Å². The zero-order valence-corrected chi connectivity index (χ0v) is 18.3. The van der Waals surface area contributed by atoms with Crippen molar-refractivity contribution in [1.82, 2.24) is 4.90 Å². The molecule has 0 bridgehead atoms. The Hall–Kier alpha value is -2.95. The van der Waals surface area contributed by atoms with Gasteiger partial charge in [0.25, 0.3) is 0 Å². The van der Waals surface area contributed by atoms with E-state index in [0.717, 1.165) is 6.07 Å². The number of carbonyl (C=O) groups excluding carboxylic acids is 1. The molecule has 1 aromatic heterocycles.